The minimum atomic E-state index is -0.0232. The number of nitrogens with zero attached hydrogens (tertiary/aromatic N) is 2. The van der Waals surface area contributed by atoms with Gasteiger partial charge in [-0.1, -0.05) is 38.5 Å². The molecule has 1 aromatic rings. The Balaban J connectivity index is 2.73. The Hall–Kier alpha value is -1.84. The van der Waals surface area contributed by atoms with Crippen LogP contribution in [0.2, 0.25) is 0 Å². The third kappa shape index (κ3) is 5.17. The fourth-order valence-corrected chi connectivity index (χ4v) is 2.44. The number of unbranched alkanes of at least 4 members (excludes halogenated alkanes) is 1. The molecule has 122 valence electrons. The molecule has 22 heavy (non-hydrogen) atoms. The zero-order chi connectivity index (χ0) is 16.5. The molecule has 0 aliphatic rings. The van der Waals surface area contributed by atoms with Crippen molar-refractivity contribution in [3.8, 4) is 0 Å². The van der Waals surface area contributed by atoms with E-state index < -0.39 is 0 Å². The first-order valence-electron chi connectivity index (χ1n) is 8.11. The summed E-state index contributed by atoms with van der Waals surface area (Å²) in [5.74, 6) is 0.0681. The van der Waals surface area contributed by atoms with Crippen molar-refractivity contribution in [2.24, 2.45) is 0 Å². The minimum Gasteiger partial charge on any atom is -0.346 e. The van der Waals surface area contributed by atoms with E-state index in [1.54, 1.807) is 16.7 Å². The van der Waals surface area contributed by atoms with Crippen LogP contribution in [0, 0.1) is 0 Å². The fourth-order valence-electron chi connectivity index (χ4n) is 2.44. The molecular formula is C18H28N2O2. The molecule has 2 amide bonds. The van der Waals surface area contributed by atoms with Crippen molar-refractivity contribution in [2.75, 3.05) is 25.0 Å². The van der Waals surface area contributed by atoms with Gasteiger partial charge in [0, 0.05) is 39.2 Å². The van der Waals surface area contributed by atoms with Crippen LogP contribution in [0.5, 0.6) is 0 Å². The van der Waals surface area contributed by atoms with Crippen LogP contribution in [-0.4, -0.2) is 36.9 Å². The average molecular weight is 304 g/mol. The molecule has 0 aliphatic heterocycles. The summed E-state index contributed by atoms with van der Waals surface area (Å²) in [6.07, 6.45) is 3.31. The van der Waals surface area contributed by atoms with E-state index in [4.69, 9.17) is 0 Å². The summed E-state index contributed by atoms with van der Waals surface area (Å²) in [4.78, 5) is 27.6. The van der Waals surface area contributed by atoms with Crippen LogP contribution >= 0.6 is 0 Å². The average Bonchev–Trinajstić information content (AvgIpc) is 2.52. The summed E-state index contributed by atoms with van der Waals surface area (Å²) >= 11 is 0. The third-order valence-electron chi connectivity index (χ3n) is 3.87. The topological polar surface area (TPSA) is 40.6 Å². The van der Waals surface area contributed by atoms with Gasteiger partial charge >= 0.3 is 0 Å². The molecule has 1 aromatic carbocycles. The number of carbonyl (C=O) groups is 2. The van der Waals surface area contributed by atoms with Crippen LogP contribution < -0.4 is 4.90 Å². The molecule has 0 aromatic heterocycles. The first-order chi connectivity index (χ1) is 10.5. The standard InChI is InChI=1S/C18H28N2O2/c1-5-7-13-19(4)18(22)12-14-20(15(3)21)17-11-9-8-10-16(17)6-2/h8-11H,5-7,12-14H2,1-4H3. The number of para-hydroxylation sites is 1. The van der Waals surface area contributed by atoms with E-state index in [0.29, 0.717) is 13.0 Å². The van der Waals surface area contributed by atoms with E-state index in [2.05, 4.69) is 13.8 Å². The lowest BCUT2D eigenvalue weighted by molar-refractivity contribution is -0.129. The molecule has 0 unspecified atom stereocenters. The van der Waals surface area contributed by atoms with Gasteiger partial charge in [-0.2, -0.15) is 0 Å². The number of hydrogen-bond acceptors (Lipinski definition) is 2. The number of anilines is 1. The van der Waals surface area contributed by atoms with Crippen molar-refractivity contribution in [1.82, 2.24) is 4.90 Å². The van der Waals surface area contributed by atoms with E-state index in [1.165, 1.54) is 0 Å². The predicted molar refractivity (Wildman–Crippen MR) is 91.0 cm³/mol. The highest BCUT2D eigenvalue weighted by molar-refractivity contribution is 5.93. The molecule has 0 atom stereocenters. The van der Waals surface area contributed by atoms with Crippen LogP contribution in [0.15, 0.2) is 24.3 Å². The second-order valence-corrected chi connectivity index (χ2v) is 5.57. The second-order valence-electron chi connectivity index (χ2n) is 5.57. The van der Waals surface area contributed by atoms with Gasteiger partial charge in [0.1, 0.15) is 0 Å². The summed E-state index contributed by atoms with van der Waals surface area (Å²) in [5, 5.41) is 0. The van der Waals surface area contributed by atoms with Crippen molar-refractivity contribution in [1.29, 1.82) is 0 Å². The highest BCUT2D eigenvalue weighted by Crippen LogP contribution is 2.21. The fraction of sp³-hybridized carbons (Fsp3) is 0.556. The maximum atomic E-state index is 12.1. The Morgan fingerprint density at radius 3 is 2.36 bits per heavy atom. The first-order valence-corrected chi connectivity index (χ1v) is 8.11. The lowest BCUT2D eigenvalue weighted by Gasteiger charge is -2.25. The normalized spacial score (nSPS) is 10.4. The van der Waals surface area contributed by atoms with Crippen molar-refractivity contribution in [3.05, 3.63) is 29.8 Å². The van der Waals surface area contributed by atoms with Gasteiger partial charge in [-0.25, -0.2) is 0 Å². The Kier molecular flexibility index (Phi) is 7.64. The maximum absolute atomic E-state index is 12.1. The molecule has 4 nitrogen and oxygen atoms in total. The summed E-state index contributed by atoms with van der Waals surface area (Å²) in [5.41, 5.74) is 2.05. The zero-order valence-corrected chi connectivity index (χ0v) is 14.3. The first kappa shape index (κ1) is 18.2. The van der Waals surface area contributed by atoms with Crippen LogP contribution in [0.25, 0.3) is 0 Å². The SMILES string of the molecule is CCCCN(C)C(=O)CCN(C(C)=O)c1ccccc1CC. The van der Waals surface area contributed by atoms with Gasteiger partial charge in [0.05, 0.1) is 0 Å². The van der Waals surface area contributed by atoms with Gasteiger partial charge in [-0.3, -0.25) is 9.59 Å². The molecule has 0 saturated heterocycles. The van der Waals surface area contributed by atoms with Crippen molar-refractivity contribution >= 4 is 17.5 Å². The Labute approximate surface area is 134 Å². The van der Waals surface area contributed by atoms with Crippen molar-refractivity contribution < 1.29 is 9.59 Å². The van der Waals surface area contributed by atoms with Crippen molar-refractivity contribution in [2.45, 2.75) is 46.5 Å². The Morgan fingerprint density at radius 2 is 1.77 bits per heavy atom. The molecular weight excluding hydrogens is 276 g/mol. The smallest absolute Gasteiger partial charge is 0.224 e. The lowest BCUT2D eigenvalue weighted by Crippen LogP contribution is -2.35. The molecule has 4 heteroatoms. The molecule has 0 saturated carbocycles. The number of hydrogen-bond donors (Lipinski definition) is 0. The largest absolute Gasteiger partial charge is 0.346 e. The zero-order valence-electron chi connectivity index (χ0n) is 14.3. The Bertz CT molecular complexity index is 500. The van der Waals surface area contributed by atoms with Gasteiger partial charge < -0.3 is 9.80 Å². The molecule has 0 N–H and O–H groups in total. The van der Waals surface area contributed by atoms with Crippen molar-refractivity contribution in [3.63, 3.8) is 0 Å². The summed E-state index contributed by atoms with van der Waals surface area (Å²) in [6.45, 7) is 6.94. The van der Waals surface area contributed by atoms with Gasteiger partial charge in [0.2, 0.25) is 11.8 Å². The quantitative estimate of drug-likeness (QED) is 0.739. The number of benzene rings is 1. The second kappa shape index (κ2) is 9.23. The molecule has 0 fully saturated rings. The number of amides is 2. The maximum Gasteiger partial charge on any atom is 0.224 e. The summed E-state index contributed by atoms with van der Waals surface area (Å²) < 4.78 is 0. The van der Waals surface area contributed by atoms with Gasteiger partial charge in [0.25, 0.3) is 0 Å². The Morgan fingerprint density at radius 1 is 1.09 bits per heavy atom. The van der Waals surface area contributed by atoms with Crippen LogP contribution in [-0.2, 0) is 16.0 Å². The summed E-state index contributed by atoms with van der Waals surface area (Å²) in [7, 11) is 1.83. The van der Waals surface area contributed by atoms with Crippen LogP contribution in [0.4, 0.5) is 5.69 Å². The van der Waals surface area contributed by atoms with Gasteiger partial charge in [-0.15, -0.1) is 0 Å². The monoisotopic (exact) mass is 304 g/mol. The number of carbonyl (C=O) groups excluding carboxylic acids is 2. The number of rotatable bonds is 8. The molecule has 0 aliphatic carbocycles. The van der Waals surface area contributed by atoms with E-state index in [1.807, 2.05) is 31.3 Å². The van der Waals surface area contributed by atoms with Crippen LogP contribution in [0.1, 0.15) is 45.6 Å². The minimum absolute atomic E-state index is 0.0232. The molecule has 0 spiro atoms. The van der Waals surface area contributed by atoms with E-state index >= 15 is 0 Å². The summed E-state index contributed by atoms with van der Waals surface area (Å²) in [6, 6.07) is 7.88. The van der Waals surface area contributed by atoms with E-state index in [0.717, 1.165) is 37.1 Å². The number of aryl methyl sites for hydroxylation is 1. The third-order valence-corrected chi connectivity index (χ3v) is 3.87. The molecule has 0 bridgehead atoms. The highest BCUT2D eigenvalue weighted by Gasteiger charge is 2.17. The molecule has 1 rings (SSSR count). The van der Waals surface area contributed by atoms with Gasteiger partial charge in [-0.05, 0) is 24.5 Å². The van der Waals surface area contributed by atoms with Gasteiger partial charge in [0.15, 0.2) is 0 Å². The lowest BCUT2D eigenvalue weighted by atomic mass is 10.1. The van der Waals surface area contributed by atoms with E-state index in [-0.39, 0.29) is 11.8 Å². The van der Waals surface area contributed by atoms with E-state index in [9.17, 15) is 9.59 Å². The predicted octanol–water partition coefficient (Wildman–Crippen LogP) is 3.25. The molecule has 0 radical (unpaired) electrons. The molecule has 0 heterocycles. The van der Waals surface area contributed by atoms with Crippen LogP contribution in [0.3, 0.4) is 0 Å². The highest BCUT2D eigenvalue weighted by atomic mass is 16.2.